The van der Waals surface area contributed by atoms with Gasteiger partial charge in [-0.15, -0.1) is 0 Å². The molecule has 1 unspecified atom stereocenters. The van der Waals surface area contributed by atoms with Crippen molar-refractivity contribution in [3.05, 3.63) is 27.7 Å². The average molecular weight is 354 g/mol. The number of carbonyl (C=O) groups is 1. The minimum absolute atomic E-state index is 0.133. The van der Waals surface area contributed by atoms with Gasteiger partial charge in [0.1, 0.15) is 4.90 Å². The molecule has 1 aliphatic rings. The topological polar surface area (TPSA) is 94.9 Å². The van der Waals surface area contributed by atoms with E-state index < -0.39 is 22.0 Å². The number of halogens is 2. The fourth-order valence-electron chi connectivity index (χ4n) is 2.33. The van der Waals surface area contributed by atoms with E-state index in [1.54, 1.807) is 0 Å². The maximum absolute atomic E-state index is 12.6. The molecule has 0 amide bonds. The van der Waals surface area contributed by atoms with E-state index in [4.69, 9.17) is 28.3 Å². The van der Waals surface area contributed by atoms with Crippen molar-refractivity contribution in [2.45, 2.75) is 23.8 Å². The van der Waals surface area contributed by atoms with Gasteiger partial charge in [-0.2, -0.15) is 4.31 Å². The minimum Gasteiger partial charge on any atom is -0.478 e. The van der Waals surface area contributed by atoms with Crippen LogP contribution in [0.3, 0.4) is 0 Å². The molecule has 1 fully saturated rings. The minimum atomic E-state index is -3.98. The normalized spacial score (nSPS) is 19.9. The van der Waals surface area contributed by atoms with Gasteiger partial charge in [0.25, 0.3) is 0 Å². The second kappa shape index (κ2) is 6.10. The van der Waals surface area contributed by atoms with E-state index >= 15 is 0 Å². The molecule has 0 bridgehead atoms. The van der Waals surface area contributed by atoms with Crippen LogP contribution < -0.4 is 0 Å². The number of sulfonamides is 1. The summed E-state index contributed by atoms with van der Waals surface area (Å²) in [5.74, 6) is -1.34. The van der Waals surface area contributed by atoms with Crippen LogP contribution in [-0.4, -0.2) is 48.1 Å². The van der Waals surface area contributed by atoms with Crippen LogP contribution in [0.2, 0.25) is 10.0 Å². The molecule has 2 rings (SSSR count). The Kier molecular flexibility index (Phi) is 4.79. The Bertz CT molecular complexity index is 676. The third-order valence-electron chi connectivity index (χ3n) is 3.37. The second-order valence-corrected chi connectivity index (χ2v) is 7.34. The van der Waals surface area contributed by atoms with Crippen molar-refractivity contribution in [3.8, 4) is 0 Å². The number of carboxylic acid groups (broad SMARTS) is 1. The van der Waals surface area contributed by atoms with Crippen LogP contribution in [0.15, 0.2) is 17.0 Å². The Morgan fingerprint density at radius 1 is 1.33 bits per heavy atom. The molecule has 1 aromatic carbocycles. The zero-order valence-corrected chi connectivity index (χ0v) is 13.1. The van der Waals surface area contributed by atoms with Gasteiger partial charge in [0.05, 0.1) is 22.2 Å². The van der Waals surface area contributed by atoms with Gasteiger partial charge in [-0.3, -0.25) is 0 Å². The van der Waals surface area contributed by atoms with Crippen LogP contribution in [0.5, 0.6) is 0 Å². The number of aliphatic hydroxyl groups is 1. The first kappa shape index (κ1) is 16.5. The average Bonchev–Trinajstić information content (AvgIpc) is 2.86. The van der Waals surface area contributed by atoms with Gasteiger partial charge in [0, 0.05) is 12.6 Å². The highest BCUT2D eigenvalue weighted by Gasteiger charge is 2.36. The molecule has 0 aliphatic carbocycles. The molecular weight excluding hydrogens is 341 g/mol. The second-order valence-electron chi connectivity index (χ2n) is 4.66. The van der Waals surface area contributed by atoms with Crippen LogP contribution in [0.25, 0.3) is 0 Å². The lowest BCUT2D eigenvalue weighted by Gasteiger charge is -2.23. The van der Waals surface area contributed by atoms with Crippen molar-refractivity contribution in [2.75, 3.05) is 13.2 Å². The van der Waals surface area contributed by atoms with Crippen LogP contribution in [-0.2, 0) is 10.0 Å². The molecule has 0 spiro atoms. The highest BCUT2D eigenvalue weighted by molar-refractivity contribution is 7.89. The Hall–Kier alpha value is -0.860. The monoisotopic (exact) mass is 353 g/mol. The van der Waals surface area contributed by atoms with Crippen molar-refractivity contribution in [2.24, 2.45) is 0 Å². The molecule has 2 N–H and O–H groups in total. The predicted molar refractivity (Wildman–Crippen MR) is 77.4 cm³/mol. The third kappa shape index (κ3) is 3.02. The van der Waals surface area contributed by atoms with E-state index in [2.05, 4.69) is 0 Å². The predicted octanol–water partition coefficient (Wildman–Crippen LogP) is 1.84. The van der Waals surface area contributed by atoms with E-state index in [1.165, 1.54) is 0 Å². The number of carboxylic acids is 1. The lowest BCUT2D eigenvalue weighted by molar-refractivity contribution is 0.0697. The quantitative estimate of drug-likeness (QED) is 0.860. The number of aromatic carboxylic acids is 1. The lowest BCUT2D eigenvalue weighted by Crippen LogP contribution is -2.37. The molecule has 0 saturated carbocycles. The third-order valence-corrected chi connectivity index (χ3v) is 6.10. The Morgan fingerprint density at radius 2 is 2.00 bits per heavy atom. The van der Waals surface area contributed by atoms with Gasteiger partial charge >= 0.3 is 5.97 Å². The van der Waals surface area contributed by atoms with Gasteiger partial charge in [-0.1, -0.05) is 23.2 Å². The van der Waals surface area contributed by atoms with E-state index in [9.17, 15) is 18.3 Å². The van der Waals surface area contributed by atoms with Gasteiger partial charge in [0.2, 0.25) is 10.0 Å². The van der Waals surface area contributed by atoms with Crippen molar-refractivity contribution in [1.29, 1.82) is 0 Å². The molecule has 116 valence electrons. The number of rotatable bonds is 4. The number of hydrogen-bond donors (Lipinski definition) is 2. The van der Waals surface area contributed by atoms with Crippen LogP contribution >= 0.6 is 23.2 Å². The summed E-state index contributed by atoms with van der Waals surface area (Å²) in [6.45, 7) is -0.0366. The van der Waals surface area contributed by atoms with Crippen molar-refractivity contribution in [1.82, 2.24) is 4.31 Å². The fraction of sp³-hybridized carbons (Fsp3) is 0.417. The highest BCUT2D eigenvalue weighted by atomic mass is 35.5. The van der Waals surface area contributed by atoms with Crippen molar-refractivity contribution < 1.29 is 23.4 Å². The Balaban J connectivity index is 2.54. The van der Waals surface area contributed by atoms with Gasteiger partial charge in [-0.05, 0) is 25.0 Å². The van der Waals surface area contributed by atoms with Crippen molar-refractivity contribution >= 4 is 39.2 Å². The molecule has 1 saturated heterocycles. The zero-order chi connectivity index (χ0) is 15.8. The smallest absolute Gasteiger partial charge is 0.337 e. The van der Waals surface area contributed by atoms with Gasteiger partial charge in [0.15, 0.2) is 0 Å². The first-order valence-electron chi connectivity index (χ1n) is 6.14. The van der Waals surface area contributed by atoms with E-state index in [1.807, 2.05) is 0 Å². The summed E-state index contributed by atoms with van der Waals surface area (Å²) < 4.78 is 26.4. The molecule has 1 atom stereocenters. The summed E-state index contributed by atoms with van der Waals surface area (Å²) >= 11 is 11.7. The SMILES string of the molecule is O=C(O)c1cc(S(=O)(=O)N2CCCC2CO)c(Cl)cc1Cl. The van der Waals surface area contributed by atoms with Crippen LogP contribution in [0.1, 0.15) is 23.2 Å². The first-order valence-corrected chi connectivity index (χ1v) is 8.33. The number of aliphatic hydroxyl groups excluding tert-OH is 1. The maximum Gasteiger partial charge on any atom is 0.337 e. The Morgan fingerprint density at radius 3 is 2.57 bits per heavy atom. The summed E-state index contributed by atoms with van der Waals surface area (Å²) in [6.07, 6.45) is 1.17. The molecule has 9 heteroatoms. The Labute approximate surface area is 131 Å². The van der Waals surface area contributed by atoms with Crippen molar-refractivity contribution in [3.63, 3.8) is 0 Å². The molecule has 1 aliphatic heterocycles. The van der Waals surface area contributed by atoms with Gasteiger partial charge in [-0.25, -0.2) is 13.2 Å². The maximum atomic E-state index is 12.6. The largest absolute Gasteiger partial charge is 0.478 e. The molecule has 0 aromatic heterocycles. The molecular formula is C12H13Cl2NO5S. The van der Waals surface area contributed by atoms with Crippen LogP contribution in [0, 0.1) is 0 Å². The number of benzene rings is 1. The summed E-state index contributed by atoms with van der Waals surface area (Å²) in [5, 5.41) is 18.0. The standard InChI is InChI=1S/C12H13Cl2NO5S/c13-9-5-10(14)11(4-8(9)12(17)18)21(19,20)15-3-1-2-7(15)6-16/h4-5,7,16H,1-3,6H2,(H,17,18). The molecule has 21 heavy (non-hydrogen) atoms. The summed E-state index contributed by atoms with van der Waals surface area (Å²) in [4.78, 5) is 10.8. The summed E-state index contributed by atoms with van der Waals surface area (Å²) in [5.41, 5.74) is -0.334. The molecule has 1 heterocycles. The van der Waals surface area contributed by atoms with E-state index in [0.29, 0.717) is 12.8 Å². The summed E-state index contributed by atoms with van der Waals surface area (Å²) in [6, 6.07) is 1.54. The fourth-order valence-corrected chi connectivity index (χ4v) is 4.84. The zero-order valence-electron chi connectivity index (χ0n) is 10.8. The molecule has 1 aromatic rings. The number of nitrogens with zero attached hydrogens (tertiary/aromatic N) is 1. The highest BCUT2D eigenvalue weighted by Crippen LogP contribution is 2.33. The molecule has 0 radical (unpaired) electrons. The van der Waals surface area contributed by atoms with E-state index in [0.717, 1.165) is 16.4 Å². The number of hydrogen-bond acceptors (Lipinski definition) is 4. The van der Waals surface area contributed by atoms with E-state index in [-0.39, 0.29) is 33.7 Å². The summed E-state index contributed by atoms with van der Waals surface area (Å²) in [7, 11) is -3.98. The molecule has 6 nitrogen and oxygen atoms in total. The van der Waals surface area contributed by atoms with Crippen LogP contribution in [0.4, 0.5) is 0 Å². The lowest BCUT2D eigenvalue weighted by atomic mass is 10.2. The first-order chi connectivity index (χ1) is 9.78. The van der Waals surface area contributed by atoms with Gasteiger partial charge < -0.3 is 10.2 Å².